The second kappa shape index (κ2) is 6.29. The van der Waals surface area contributed by atoms with Gasteiger partial charge < -0.3 is 10.2 Å². The van der Waals surface area contributed by atoms with E-state index in [2.05, 4.69) is 10.3 Å². The molecule has 0 radical (unpaired) electrons. The van der Waals surface area contributed by atoms with E-state index >= 15 is 0 Å². The Kier molecular flexibility index (Phi) is 4.47. The Morgan fingerprint density at radius 2 is 2.21 bits per heavy atom. The van der Waals surface area contributed by atoms with Gasteiger partial charge in [0.25, 0.3) is 5.91 Å². The predicted molar refractivity (Wildman–Crippen MR) is 77.2 cm³/mol. The molecule has 0 atom stereocenters. The van der Waals surface area contributed by atoms with E-state index in [1.807, 2.05) is 44.4 Å². The van der Waals surface area contributed by atoms with Gasteiger partial charge in [0, 0.05) is 30.7 Å². The van der Waals surface area contributed by atoms with Crippen LogP contribution in [0.2, 0.25) is 0 Å². The first-order chi connectivity index (χ1) is 9.22. The molecule has 4 nitrogen and oxygen atoms in total. The van der Waals surface area contributed by atoms with Gasteiger partial charge in [-0.2, -0.15) is 0 Å². The second-order valence-electron chi connectivity index (χ2n) is 4.59. The van der Waals surface area contributed by atoms with E-state index < -0.39 is 0 Å². The zero-order valence-corrected chi connectivity index (χ0v) is 11.4. The van der Waals surface area contributed by atoms with E-state index in [-0.39, 0.29) is 5.91 Å². The highest BCUT2D eigenvalue weighted by molar-refractivity contribution is 5.97. The Hall–Kier alpha value is -1.94. The highest BCUT2D eigenvalue weighted by Crippen LogP contribution is 2.14. The molecule has 2 rings (SSSR count). The van der Waals surface area contributed by atoms with E-state index in [4.69, 9.17) is 0 Å². The lowest BCUT2D eigenvalue weighted by atomic mass is 10.1. The Bertz CT molecular complexity index is 568. The number of nitrogens with zero attached hydrogens (tertiary/aromatic N) is 2. The summed E-state index contributed by atoms with van der Waals surface area (Å²) in [5.74, 6) is 0.0573. The van der Waals surface area contributed by atoms with Crippen molar-refractivity contribution in [1.29, 1.82) is 0 Å². The molecule has 0 unspecified atom stereocenters. The Balaban J connectivity index is 2.12. The lowest BCUT2D eigenvalue weighted by Crippen LogP contribution is -2.29. The Morgan fingerprint density at radius 3 is 3.00 bits per heavy atom. The van der Waals surface area contributed by atoms with Gasteiger partial charge in [0.05, 0.1) is 5.52 Å². The average molecular weight is 257 g/mol. The van der Waals surface area contributed by atoms with Crippen molar-refractivity contribution in [3.05, 3.63) is 42.1 Å². The van der Waals surface area contributed by atoms with Gasteiger partial charge in [-0.25, -0.2) is 0 Å². The summed E-state index contributed by atoms with van der Waals surface area (Å²) >= 11 is 0. The summed E-state index contributed by atoms with van der Waals surface area (Å²) in [4.78, 5) is 18.3. The van der Waals surface area contributed by atoms with E-state index in [1.54, 1.807) is 11.1 Å². The Morgan fingerprint density at radius 1 is 1.37 bits per heavy atom. The van der Waals surface area contributed by atoms with Gasteiger partial charge in [0.15, 0.2) is 0 Å². The quantitative estimate of drug-likeness (QED) is 0.832. The second-order valence-corrected chi connectivity index (χ2v) is 4.59. The molecule has 0 aliphatic heterocycles. The minimum atomic E-state index is 0.0573. The predicted octanol–water partition coefficient (Wildman–Crippen LogP) is 1.92. The van der Waals surface area contributed by atoms with Crippen LogP contribution in [0.4, 0.5) is 0 Å². The number of carbonyl (C=O) groups is 1. The first kappa shape index (κ1) is 13.5. The summed E-state index contributed by atoms with van der Waals surface area (Å²) in [7, 11) is 3.75. The SMILES string of the molecule is CNCCCN(C)C(=O)c1ccc2ncccc2c1. The van der Waals surface area contributed by atoms with Crippen molar-refractivity contribution in [1.82, 2.24) is 15.2 Å². The third-order valence-electron chi connectivity index (χ3n) is 3.12. The molecule has 0 saturated carbocycles. The fourth-order valence-corrected chi connectivity index (χ4v) is 2.02. The third kappa shape index (κ3) is 3.29. The number of nitrogens with one attached hydrogen (secondary N) is 1. The van der Waals surface area contributed by atoms with Crippen LogP contribution in [0, 0.1) is 0 Å². The molecule has 0 aliphatic rings. The summed E-state index contributed by atoms with van der Waals surface area (Å²) < 4.78 is 0. The molecule has 4 heteroatoms. The molecule has 1 aromatic heterocycles. The van der Waals surface area contributed by atoms with Gasteiger partial charge in [-0.05, 0) is 44.3 Å². The van der Waals surface area contributed by atoms with Crippen molar-refractivity contribution >= 4 is 16.8 Å². The number of aromatic nitrogens is 1. The van der Waals surface area contributed by atoms with Gasteiger partial charge in [-0.15, -0.1) is 0 Å². The van der Waals surface area contributed by atoms with Crippen LogP contribution in [-0.4, -0.2) is 43.0 Å². The zero-order chi connectivity index (χ0) is 13.7. The molecule has 1 amide bonds. The fourth-order valence-electron chi connectivity index (χ4n) is 2.02. The van der Waals surface area contributed by atoms with Crippen molar-refractivity contribution in [2.75, 3.05) is 27.2 Å². The smallest absolute Gasteiger partial charge is 0.253 e. The average Bonchev–Trinajstić information content (AvgIpc) is 2.46. The van der Waals surface area contributed by atoms with Crippen LogP contribution in [0.3, 0.4) is 0 Å². The molecule has 0 saturated heterocycles. The number of rotatable bonds is 5. The minimum Gasteiger partial charge on any atom is -0.342 e. The number of pyridine rings is 1. The number of hydrogen-bond donors (Lipinski definition) is 1. The summed E-state index contributed by atoms with van der Waals surface area (Å²) in [6, 6.07) is 9.49. The molecular weight excluding hydrogens is 238 g/mol. The van der Waals surface area contributed by atoms with Crippen LogP contribution in [0.1, 0.15) is 16.8 Å². The molecule has 2 aromatic rings. The lowest BCUT2D eigenvalue weighted by Gasteiger charge is -2.17. The number of benzene rings is 1. The van der Waals surface area contributed by atoms with E-state index in [9.17, 15) is 4.79 Å². The first-order valence-electron chi connectivity index (χ1n) is 6.47. The van der Waals surface area contributed by atoms with Crippen LogP contribution in [0.15, 0.2) is 36.5 Å². The summed E-state index contributed by atoms with van der Waals surface area (Å²) in [6.07, 6.45) is 2.71. The summed E-state index contributed by atoms with van der Waals surface area (Å²) in [6.45, 7) is 1.67. The molecule has 1 N–H and O–H groups in total. The molecule has 0 bridgehead atoms. The standard InChI is InChI=1S/C15H19N3O/c1-16-8-4-10-18(2)15(19)13-6-7-14-12(11-13)5-3-9-17-14/h3,5-7,9,11,16H,4,8,10H2,1-2H3. The molecule has 1 aromatic carbocycles. The van der Waals surface area contributed by atoms with E-state index in [0.29, 0.717) is 5.56 Å². The molecule has 0 spiro atoms. The largest absolute Gasteiger partial charge is 0.342 e. The van der Waals surface area contributed by atoms with E-state index in [0.717, 1.165) is 30.4 Å². The monoisotopic (exact) mass is 257 g/mol. The number of hydrogen-bond acceptors (Lipinski definition) is 3. The van der Waals surface area contributed by atoms with Crippen molar-refractivity contribution < 1.29 is 4.79 Å². The number of carbonyl (C=O) groups excluding carboxylic acids is 1. The molecular formula is C15H19N3O. The van der Waals surface area contributed by atoms with Crippen LogP contribution < -0.4 is 5.32 Å². The maximum absolute atomic E-state index is 12.3. The Labute approximate surface area is 113 Å². The minimum absolute atomic E-state index is 0.0573. The molecule has 0 aliphatic carbocycles. The first-order valence-corrected chi connectivity index (χ1v) is 6.47. The highest BCUT2D eigenvalue weighted by atomic mass is 16.2. The van der Waals surface area contributed by atoms with Crippen LogP contribution in [0.5, 0.6) is 0 Å². The summed E-state index contributed by atoms with van der Waals surface area (Å²) in [5, 5.41) is 4.08. The molecule has 0 fully saturated rings. The van der Waals surface area contributed by atoms with Crippen molar-refractivity contribution in [3.63, 3.8) is 0 Å². The third-order valence-corrected chi connectivity index (χ3v) is 3.12. The molecule has 19 heavy (non-hydrogen) atoms. The van der Waals surface area contributed by atoms with Crippen molar-refractivity contribution in [2.24, 2.45) is 0 Å². The van der Waals surface area contributed by atoms with Gasteiger partial charge in [0.1, 0.15) is 0 Å². The van der Waals surface area contributed by atoms with Gasteiger partial charge >= 0.3 is 0 Å². The fraction of sp³-hybridized carbons (Fsp3) is 0.333. The van der Waals surface area contributed by atoms with Gasteiger partial charge in [-0.1, -0.05) is 6.07 Å². The van der Waals surface area contributed by atoms with Crippen LogP contribution >= 0.6 is 0 Å². The maximum Gasteiger partial charge on any atom is 0.253 e. The van der Waals surface area contributed by atoms with Gasteiger partial charge in [0.2, 0.25) is 0 Å². The normalized spacial score (nSPS) is 10.6. The highest BCUT2D eigenvalue weighted by Gasteiger charge is 2.11. The molecule has 100 valence electrons. The lowest BCUT2D eigenvalue weighted by molar-refractivity contribution is 0.0794. The maximum atomic E-state index is 12.3. The number of amides is 1. The topological polar surface area (TPSA) is 45.2 Å². The van der Waals surface area contributed by atoms with Crippen LogP contribution in [0.25, 0.3) is 10.9 Å². The van der Waals surface area contributed by atoms with Gasteiger partial charge in [-0.3, -0.25) is 9.78 Å². The van der Waals surface area contributed by atoms with E-state index in [1.165, 1.54) is 0 Å². The van der Waals surface area contributed by atoms with Crippen molar-refractivity contribution in [3.8, 4) is 0 Å². The zero-order valence-electron chi connectivity index (χ0n) is 11.4. The number of fused-ring (bicyclic) bond motifs is 1. The van der Waals surface area contributed by atoms with Crippen LogP contribution in [-0.2, 0) is 0 Å². The van der Waals surface area contributed by atoms with Crippen molar-refractivity contribution in [2.45, 2.75) is 6.42 Å². The summed E-state index contributed by atoms with van der Waals surface area (Å²) in [5.41, 5.74) is 1.63. The molecule has 1 heterocycles.